The van der Waals surface area contributed by atoms with Gasteiger partial charge in [0.05, 0.1) is 12.2 Å². The van der Waals surface area contributed by atoms with Crippen molar-refractivity contribution in [1.82, 2.24) is 10.6 Å². The predicted molar refractivity (Wildman–Crippen MR) is 72.6 cm³/mol. The van der Waals surface area contributed by atoms with Crippen LogP contribution in [0.5, 0.6) is 0 Å². The first kappa shape index (κ1) is 16.8. The van der Waals surface area contributed by atoms with Crippen molar-refractivity contribution in [2.24, 2.45) is 0 Å². The summed E-state index contributed by atoms with van der Waals surface area (Å²) in [5, 5.41) is 4.98. The number of carbonyl (C=O) groups excluding carboxylic acids is 2. The zero-order chi connectivity index (χ0) is 15.8. The fourth-order valence-electron chi connectivity index (χ4n) is 1.52. The van der Waals surface area contributed by atoms with Gasteiger partial charge < -0.3 is 21.1 Å². The molecule has 0 bridgehead atoms. The highest BCUT2D eigenvalue weighted by Gasteiger charge is 2.14. The number of benzene rings is 1. The van der Waals surface area contributed by atoms with E-state index in [1.54, 1.807) is 0 Å². The summed E-state index contributed by atoms with van der Waals surface area (Å²) >= 11 is 0. The van der Waals surface area contributed by atoms with E-state index in [1.165, 1.54) is 7.11 Å². The Morgan fingerprint density at radius 2 is 1.86 bits per heavy atom. The SMILES string of the molecule is COCCNC(=O)CCNC(=O)c1cc(F)c(F)cc1N. The van der Waals surface area contributed by atoms with Crippen molar-refractivity contribution in [1.29, 1.82) is 0 Å². The molecule has 0 aliphatic carbocycles. The lowest BCUT2D eigenvalue weighted by atomic mass is 10.1. The van der Waals surface area contributed by atoms with Crippen LogP contribution >= 0.6 is 0 Å². The number of carbonyl (C=O) groups is 2. The fourth-order valence-corrected chi connectivity index (χ4v) is 1.52. The number of amides is 2. The van der Waals surface area contributed by atoms with Gasteiger partial charge in [-0.05, 0) is 6.07 Å². The summed E-state index contributed by atoms with van der Waals surface area (Å²) in [7, 11) is 1.51. The van der Waals surface area contributed by atoms with Gasteiger partial charge in [-0.1, -0.05) is 0 Å². The molecular formula is C13H17F2N3O3. The maximum atomic E-state index is 13.1. The topological polar surface area (TPSA) is 93.5 Å². The summed E-state index contributed by atoms with van der Waals surface area (Å²) in [6, 6.07) is 1.46. The Morgan fingerprint density at radius 3 is 2.52 bits per heavy atom. The van der Waals surface area contributed by atoms with E-state index in [0.29, 0.717) is 13.2 Å². The molecule has 2 amide bonds. The lowest BCUT2D eigenvalue weighted by molar-refractivity contribution is -0.121. The third-order valence-electron chi connectivity index (χ3n) is 2.60. The Morgan fingerprint density at radius 1 is 1.19 bits per heavy atom. The first-order valence-electron chi connectivity index (χ1n) is 6.24. The van der Waals surface area contributed by atoms with Crippen LogP contribution in [0.3, 0.4) is 0 Å². The van der Waals surface area contributed by atoms with Gasteiger partial charge in [0, 0.05) is 38.4 Å². The summed E-state index contributed by atoms with van der Waals surface area (Å²) in [5.74, 6) is -3.21. The number of methoxy groups -OCH3 is 1. The first-order valence-corrected chi connectivity index (χ1v) is 6.24. The lowest BCUT2D eigenvalue weighted by Gasteiger charge is -2.08. The van der Waals surface area contributed by atoms with Crippen LogP contribution in [0.2, 0.25) is 0 Å². The highest BCUT2D eigenvalue weighted by molar-refractivity contribution is 5.99. The highest BCUT2D eigenvalue weighted by atomic mass is 19.2. The van der Waals surface area contributed by atoms with Crippen molar-refractivity contribution < 1.29 is 23.1 Å². The maximum absolute atomic E-state index is 13.1. The number of anilines is 1. The summed E-state index contributed by atoms with van der Waals surface area (Å²) in [6.07, 6.45) is 0.0546. The molecule has 1 aromatic rings. The third-order valence-corrected chi connectivity index (χ3v) is 2.60. The molecule has 6 nitrogen and oxygen atoms in total. The van der Waals surface area contributed by atoms with Gasteiger partial charge in [0.1, 0.15) is 0 Å². The van der Waals surface area contributed by atoms with Crippen LogP contribution in [0.25, 0.3) is 0 Å². The van der Waals surface area contributed by atoms with E-state index >= 15 is 0 Å². The van der Waals surface area contributed by atoms with E-state index in [0.717, 1.165) is 12.1 Å². The molecule has 0 aromatic heterocycles. The van der Waals surface area contributed by atoms with Gasteiger partial charge in [-0.3, -0.25) is 9.59 Å². The van der Waals surface area contributed by atoms with E-state index in [1.807, 2.05) is 0 Å². The zero-order valence-corrected chi connectivity index (χ0v) is 11.5. The van der Waals surface area contributed by atoms with Gasteiger partial charge in [0.15, 0.2) is 11.6 Å². The van der Waals surface area contributed by atoms with E-state index in [9.17, 15) is 18.4 Å². The van der Waals surface area contributed by atoms with E-state index in [-0.39, 0.29) is 30.1 Å². The Bertz CT molecular complexity index is 524. The van der Waals surface area contributed by atoms with Gasteiger partial charge >= 0.3 is 0 Å². The van der Waals surface area contributed by atoms with Crippen LogP contribution in [-0.4, -0.2) is 38.6 Å². The number of nitrogens with two attached hydrogens (primary N) is 1. The van der Waals surface area contributed by atoms with Crippen molar-refractivity contribution in [3.8, 4) is 0 Å². The van der Waals surface area contributed by atoms with Crippen LogP contribution in [0, 0.1) is 11.6 Å². The number of ether oxygens (including phenoxy) is 1. The minimum Gasteiger partial charge on any atom is -0.398 e. The van der Waals surface area contributed by atoms with E-state index < -0.39 is 17.5 Å². The molecule has 0 saturated carbocycles. The number of hydrogen-bond donors (Lipinski definition) is 3. The molecule has 4 N–H and O–H groups in total. The average Bonchev–Trinajstić information content (AvgIpc) is 2.43. The Kier molecular flexibility index (Phi) is 6.54. The minimum atomic E-state index is -1.16. The van der Waals surface area contributed by atoms with Crippen LogP contribution < -0.4 is 16.4 Å². The number of halogens is 2. The van der Waals surface area contributed by atoms with E-state index in [2.05, 4.69) is 10.6 Å². The standard InChI is InChI=1S/C13H17F2N3O3/c1-21-5-4-17-12(19)2-3-18-13(20)8-6-9(14)10(15)7-11(8)16/h6-7H,2-5,16H2,1H3,(H,17,19)(H,18,20). The normalized spacial score (nSPS) is 10.2. The predicted octanol–water partition coefficient (Wildman–Crippen LogP) is 0.429. The van der Waals surface area contributed by atoms with Gasteiger partial charge in [-0.2, -0.15) is 0 Å². The second-order valence-electron chi connectivity index (χ2n) is 4.20. The molecule has 0 saturated heterocycles. The average molecular weight is 301 g/mol. The molecule has 1 rings (SSSR count). The van der Waals surface area contributed by atoms with Crippen LogP contribution in [0.4, 0.5) is 14.5 Å². The van der Waals surface area contributed by atoms with Crippen LogP contribution in [0.1, 0.15) is 16.8 Å². The van der Waals surface area contributed by atoms with Crippen molar-refractivity contribution in [3.63, 3.8) is 0 Å². The zero-order valence-electron chi connectivity index (χ0n) is 11.5. The second-order valence-corrected chi connectivity index (χ2v) is 4.20. The molecule has 21 heavy (non-hydrogen) atoms. The molecule has 0 spiro atoms. The molecule has 1 aromatic carbocycles. The molecule has 116 valence electrons. The Labute approximate surface area is 120 Å². The molecule has 0 atom stereocenters. The minimum absolute atomic E-state index is 0.0517. The van der Waals surface area contributed by atoms with Gasteiger partial charge in [-0.25, -0.2) is 8.78 Å². The fraction of sp³-hybridized carbons (Fsp3) is 0.385. The van der Waals surface area contributed by atoms with Crippen molar-refractivity contribution in [2.45, 2.75) is 6.42 Å². The Balaban J connectivity index is 2.44. The summed E-state index contributed by atoms with van der Waals surface area (Å²) < 4.78 is 30.7. The quantitative estimate of drug-likeness (QED) is 0.503. The largest absolute Gasteiger partial charge is 0.398 e. The number of rotatable bonds is 7. The molecule has 0 heterocycles. The molecule has 0 aliphatic rings. The van der Waals surface area contributed by atoms with Gasteiger partial charge in [0.25, 0.3) is 5.91 Å². The summed E-state index contributed by atoms with van der Waals surface area (Å²) in [4.78, 5) is 23.1. The van der Waals surface area contributed by atoms with Crippen molar-refractivity contribution in [2.75, 3.05) is 32.5 Å². The molecule has 0 radical (unpaired) electrons. The van der Waals surface area contributed by atoms with Crippen LogP contribution in [-0.2, 0) is 9.53 Å². The lowest BCUT2D eigenvalue weighted by Crippen LogP contribution is -2.32. The molecule has 8 heteroatoms. The first-order chi connectivity index (χ1) is 9.95. The smallest absolute Gasteiger partial charge is 0.253 e. The number of nitrogen functional groups attached to an aromatic ring is 1. The van der Waals surface area contributed by atoms with Gasteiger partial charge in [-0.15, -0.1) is 0 Å². The monoisotopic (exact) mass is 301 g/mol. The second kappa shape index (κ2) is 8.15. The number of nitrogens with one attached hydrogen (secondary N) is 2. The van der Waals surface area contributed by atoms with Crippen LogP contribution in [0.15, 0.2) is 12.1 Å². The highest BCUT2D eigenvalue weighted by Crippen LogP contribution is 2.16. The molecular weight excluding hydrogens is 284 g/mol. The van der Waals surface area contributed by atoms with E-state index in [4.69, 9.17) is 10.5 Å². The molecule has 0 fully saturated rings. The summed E-state index contributed by atoms with van der Waals surface area (Å²) in [5.41, 5.74) is 5.10. The summed E-state index contributed by atoms with van der Waals surface area (Å²) in [6.45, 7) is 0.818. The van der Waals surface area contributed by atoms with Crippen molar-refractivity contribution >= 4 is 17.5 Å². The molecule has 0 aliphatic heterocycles. The van der Waals surface area contributed by atoms with Gasteiger partial charge in [0.2, 0.25) is 5.91 Å². The molecule has 0 unspecified atom stereocenters. The van der Waals surface area contributed by atoms with Crippen molar-refractivity contribution in [3.05, 3.63) is 29.3 Å². The maximum Gasteiger partial charge on any atom is 0.253 e. The number of hydrogen-bond acceptors (Lipinski definition) is 4. The third kappa shape index (κ3) is 5.35. The Hall–Kier alpha value is -2.22.